The maximum Gasteiger partial charge on any atom is 0.307 e. The molecular weight excluding hydrogens is 598 g/mol. The first kappa shape index (κ1) is 36.8. The molecule has 4 aliphatic carbocycles. The van der Waals surface area contributed by atoms with Crippen LogP contribution < -0.4 is 0 Å². The second-order valence-corrected chi connectivity index (χ2v) is 19.6. The normalized spacial score (nSPS) is 46.6. The molecular formula is C42H71NO5. The summed E-state index contributed by atoms with van der Waals surface area (Å²) in [6, 6.07) is 0. The van der Waals surface area contributed by atoms with E-state index in [0.717, 1.165) is 64.8 Å². The minimum atomic E-state index is -0.592. The quantitative estimate of drug-likeness (QED) is 0.248. The first-order valence-electron chi connectivity index (χ1n) is 19.9. The highest BCUT2D eigenvalue weighted by atomic mass is 16.5. The molecule has 0 spiro atoms. The van der Waals surface area contributed by atoms with Gasteiger partial charge in [0.15, 0.2) is 0 Å². The Balaban J connectivity index is 1.34. The van der Waals surface area contributed by atoms with Crippen LogP contribution >= 0.6 is 0 Å². The molecule has 3 saturated carbocycles. The topological polar surface area (TPSA) is 68.2 Å². The van der Waals surface area contributed by atoms with Crippen molar-refractivity contribution >= 4 is 5.97 Å². The highest BCUT2D eigenvalue weighted by Gasteiger charge is 2.72. The average molecular weight is 670 g/mol. The number of ether oxygens (including phenoxy) is 3. The van der Waals surface area contributed by atoms with Crippen molar-refractivity contribution < 1.29 is 24.1 Å². The van der Waals surface area contributed by atoms with Crippen LogP contribution in [0.5, 0.6) is 0 Å². The van der Waals surface area contributed by atoms with Crippen molar-refractivity contribution in [2.24, 2.45) is 62.6 Å². The second-order valence-electron chi connectivity index (χ2n) is 19.6. The highest BCUT2D eigenvalue weighted by molar-refractivity contribution is 5.73. The van der Waals surface area contributed by atoms with E-state index in [-0.39, 0.29) is 50.7 Å². The van der Waals surface area contributed by atoms with Gasteiger partial charge in [-0.1, -0.05) is 80.4 Å². The average Bonchev–Trinajstić information content (AvgIpc) is 3.04. The van der Waals surface area contributed by atoms with Crippen LogP contribution in [-0.4, -0.2) is 73.7 Å². The minimum absolute atomic E-state index is 0.00184. The van der Waals surface area contributed by atoms with Crippen molar-refractivity contribution in [2.45, 2.75) is 145 Å². The van der Waals surface area contributed by atoms with Crippen LogP contribution in [0.2, 0.25) is 0 Å². The molecule has 0 amide bonds. The number of carboxylic acids is 1. The zero-order valence-corrected chi connectivity index (χ0v) is 32.6. The van der Waals surface area contributed by atoms with E-state index >= 15 is 0 Å². The van der Waals surface area contributed by atoms with Gasteiger partial charge in [0.25, 0.3) is 0 Å². The molecule has 2 bridgehead atoms. The largest absolute Gasteiger partial charge is 0.481 e. The zero-order valence-electron chi connectivity index (χ0n) is 32.6. The van der Waals surface area contributed by atoms with Crippen molar-refractivity contribution in [3.8, 4) is 0 Å². The van der Waals surface area contributed by atoms with Gasteiger partial charge in [-0.05, 0) is 117 Å². The Hall–Kier alpha value is -0.950. The fourth-order valence-electron chi connectivity index (χ4n) is 13.4. The van der Waals surface area contributed by atoms with Crippen LogP contribution in [0.1, 0.15) is 127 Å². The Morgan fingerprint density at radius 1 is 1.02 bits per heavy atom. The maximum atomic E-state index is 13.4. The first-order chi connectivity index (χ1) is 22.5. The molecule has 0 aromatic rings. The Kier molecular flexibility index (Phi) is 9.68. The molecule has 2 saturated heterocycles. The molecule has 6 rings (SSSR count). The predicted octanol–water partition coefficient (Wildman–Crippen LogP) is 8.88. The number of aliphatic carboxylic acids is 1. The molecule has 0 unspecified atom stereocenters. The number of piperidine rings is 1. The van der Waals surface area contributed by atoms with E-state index in [0.29, 0.717) is 36.2 Å². The Bertz CT molecular complexity index is 1240. The Labute approximate surface area is 293 Å². The summed E-state index contributed by atoms with van der Waals surface area (Å²) in [7, 11) is 1.90. The summed E-state index contributed by atoms with van der Waals surface area (Å²) in [5.74, 6) is 1.17. The van der Waals surface area contributed by atoms with Gasteiger partial charge in [-0.25, -0.2) is 0 Å². The molecule has 5 fully saturated rings. The third kappa shape index (κ3) is 5.09. The van der Waals surface area contributed by atoms with Gasteiger partial charge < -0.3 is 19.3 Å². The summed E-state index contributed by atoms with van der Waals surface area (Å²) in [6.45, 7) is 28.1. The molecule has 0 aromatic carbocycles. The third-order valence-corrected chi connectivity index (χ3v) is 17.2. The van der Waals surface area contributed by atoms with Gasteiger partial charge >= 0.3 is 5.97 Å². The van der Waals surface area contributed by atoms with Gasteiger partial charge in [-0.15, -0.1) is 0 Å². The van der Waals surface area contributed by atoms with Gasteiger partial charge in [0.1, 0.15) is 0 Å². The molecule has 1 N–H and O–H groups in total. The lowest BCUT2D eigenvalue weighted by atomic mass is 9.34. The fraction of sp³-hybridized carbons (Fsp3) is 0.929. The minimum Gasteiger partial charge on any atom is -0.481 e. The molecule has 6 nitrogen and oxygen atoms in total. The van der Waals surface area contributed by atoms with Crippen LogP contribution in [0.3, 0.4) is 0 Å². The van der Waals surface area contributed by atoms with Crippen LogP contribution in [0.4, 0.5) is 0 Å². The second kappa shape index (κ2) is 12.6. The van der Waals surface area contributed by atoms with Crippen molar-refractivity contribution in [1.82, 2.24) is 4.90 Å². The molecule has 0 radical (unpaired) electrons. The lowest BCUT2D eigenvalue weighted by Gasteiger charge is -2.71. The molecule has 2 heterocycles. The van der Waals surface area contributed by atoms with Crippen LogP contribution in [0.25, 0.3) is 0 Å². The Morgan fingerprint density at radius 2 is 1.71 bits per heavy atom. The molecule has 0 aromatic heterocycles. The number of methoxy groups -OCH3 is 1. The summed E-state index contributed by atoms with van der Waals surface area (Å²) in [5.41, 5.74) is 0.734. The van der Waals surface area contributed by atoms with Gasteiger partial charge in [-0.2, -0.15) is 0 Å². The van der Waals surface area contributed by atoms with Crippen LogP contribution in [-0.2, 0) is 19.0 Å². The van der Waals surface area contributed by atoms with Crippen LogP contribution in [0, 0.1) is 62.6 Å². The number of rotatable bonds is 9. The number of likely N-dealkylation sites (tertiary alicyclic amines) is 1. The summed E-state index contributed by atoms with van der Waals surface area (Å²) in [4.78, 5) is 16.1. The van der Waals surface area contributed by atoms with Gasteiger partial charge in [0.2, 0.25) is 0 Å². The molecule has 6 aliphatic rings. The number of nitrogens with zero attached hydrogens (tertiary/aromatic N) is 1. The SMILES string of the molecule is CO[C@@H]1C[C@@]23COC[C@@](C)([C@@H]2CC[C@H]2C3=CC[C@@]3(C)[C@H](C(=O)O)[C@@](C)([C@H](C)C(C)C)CC[C@]23C)[C@H]1OC[C@](C)(C(C)C)N1CCCCC1. The number of hydrogen-bond donors (Lipinski definition) is 1. The molecule has 12 atom stereocenters. The summed E-state index contributed by atoms with van der Waals surface area (Å²) in [6.07, 6.45) is 12.5. The molecule has 274 valence electrons. The third-order valence-electron chi connectivity index (χ3n) is 17.2. The van der Waals surface area contributed by atoms with E-state index in [1.807, 2.05) is 7.11 Å². The van der Waals surface area contributed by atoms with Crippen molar-refractivity contribution in [1.29, 1.82) is 0 Å². The number of fused-ring (bicyclic) bond motifs is 3. The monoisotopic (exact) mass is 670 g/mol. The molecule has 6 heteroatoms. The van der Waals surface area contributed by atoms with Crippen LogP contribution in [0.15, 0.2) is 11.6 Å². The van der Waals surface area contributed by atoms with E-state index in [9.17, 15) is 9.90 Å². The van der Waals surface area contributed by atoms with Gasteiger partial charge in [0, 0.05) is 23.5 Å². The standard InChI is InChI=1S/C42H71NO5/c1-27(2)29(5)37(6)19-20-39(8)30-15-16-33-38(7)24-47-26-42(33,31(30)17-18-40(39,9)34(37)36(44)45)23-32(46-11)35(38)48-25-41(10,28(3)4)43-21-13-12-14-22-43/h17,27-30,32-35H,12-16,18-26H2,1-11H3,(H,44,45)/t29-,30+,32-,33+,34-,35+,37-,38+,39-,40+,41-,42+/m1/s1. The predicted molar refractivity (Wildman–Crippen MR) is 193 cm³/mol. The summed E-state index contributed by atoms with van der Waals surface area (Å²) >= 11 is 0. The van der Waals surface area contributed by atoms with Crippen molar-refractivity contribution in [3.05, 3.63) is 11.6 Å². The lowest BCUT2D eigenvalue weighted by Crippen LogP contribution is -2.70. The van der Waals surface area contributed by atoms with Gasteiger partial charge in [-0.3, -0.25) is 9.69 Å². The van der Waals surface area contributed by atoms with E-state index < -0.39 is 5.97 Å². The van der Waals surface area contributed by atoms with E-state index in [1.54, 1.807) is 5.57 Å². The van der Waals surface area contributed by atoms with E-state index in [2.05, 4.69) is 80.2 Å². The van der Waals surface area contributed by atoms with Gasteiger partial charge in [0.05, 0.1) is 37.9 Å². The first-order valence-corrected chi connectivity index (χ1v) is 19.9. The number of hydrogen-bond acceptors (Lipinski definition) is 5. The number of carbonyl (C=O) groups is 1. The summed E-state index contributed by atoms with van der Waals surface area (Å²) < 4.78 is 20.4. The van der Waals surface area contributed by atoms with Crippen molar-refractivity contribution in [3.63, 3.8) is 0 Å². The zero-order chi connectivity index (χ0) is 35.1. The maximum absolute atomic E-state index is 13.4. The van der Waals surface area contributed by atoms with Crippen molar-refractivity contribution in [2.75, 3.05) is 40.0 Å². The smallest absolute Gasteiger partial charge is 0.307 e. The fourth-order valence-corrected chi connectivity index (χ4v) is 13.4. The highest BCUT2D eigenvalue weighted by Crippen LogP contribution is 2.75. The lowest BCUT2D eigenvalue weighted by molar-refractivity contribution is -0.272. The number of carboxylic acid groups (broad SMARTS) is 1. The molecule has 2 aliphatic heterocycles. The Morgan fingerprint density at radius 3 is 2.31 bits per heavy atom. The van der Waals surface area contributed by atoms with E-state index in [1.165, 1.54) is 19.3 Å². The van der Waals surface area contributed by atoms with E-state index in [4.69, 9.17) is 14.2 Å². The molecule has 48 heavy (non-hydrogen) atoms. The number of allylic oxidation sites excluding steroid dienone is 1. The summed E-state index contributed by atoms with van der Waals surface area (Å²) in [5, 5.41) is 11.0.